The van der Waals surface area contributed by atoms with Gasteiger partial charge in [-0.2, -0.15) is 0 Å². The predicted octanol–water partition coefficient (Wildman–Crippen LogP) is 18.5. The van der Waals surface area contributed by atoms with Gasteiger partial charge >= 0.3 is 0 Å². The molecule has 2 aromatic heterocycles. The molecule has 0 saturated heterocycles. The number of anilines is 3. The number of aromatic nitrogens is 1. The minimum Gasteiger partial charge on any atom is -0.456 e. The van der Waals surface area contributed by atoms with Crippen molar-refractivity contribution in [3.8, 4) is 61.3 Å². The van der Waals surface area contributed by atoms with E-state index in [0.717, 1.165) is 61.4 Å². The van der Waals surface area contributed by atoms with Crippen LogP contribution < -0.4 is 4.90 Å². The highest BCUT2D eigenvalue weighted by Crippen LogP contribution is 2.40. The zero-order chi connectivity index (χ0) is 45.7. The molecule has 11 aromatic carbocycles. The predicted molar refractivity (Wildman–Crippen MR) is 290 cm³/mol. The standard InChI is InChI=1S/C66H44N2O/c1-2-12-45(13-3-1)50-14-10-15-51(42-50)46-24-33-55(34-25-46)67(57-37-28-49(29-38-57)54-32-41-62-61-20-6-9-23-65(61)69-66(62)44-54)56-35-26-47(27-36-56)52-16-11-17-53(43-52)48-30-39-58(40-31-48)68-63-21-7-4-18-59(63)60-19-5-8-22-64(60)68/h1-44H. The number of fused-ring (bicyclic) bond motifs is 6. The van der Waals surface area contributed by atoms with Crippen LogP contribution >= 0.6 is 0 Å². The normalized spacial score (nSPS) is 11.5. The lowest BCUT2D eigenvalue weighted by Crippen LogP contribution is -2.09. The summed E-state index contributed by atoms with van der Waals surface area (Å²) in [6.07, 6.45) is 0. The van der Waals surface area contributed by atoms with E-state index < -0.39 is 0 Å². The van der Waals surface area contributed by atoms with E-state index in [-0.39, 0.29) is 0 Å². The smallest absolute Gasteiger partial charge is 0.136 e. The van der Waals surface area contributed by atoms with Crippen molar-refractivity contribution in [2.75, 3.05) is 4.90 Å². The summed E-state index contributed by atoms with van der Waals surface area (Å²) in [6, 6.07) is 96.1. The van der Waals surface area contributed by atoms with Gasteiger partial charge in [-0.05, 0) is 147 Å². The van der Waals surface area contributed by atoms with Crippen LogP contribution in [0.4, 0.5) is 17.1 Å². The van der Waals surface area contributed by atoms with E-state index in [0.29, 0.717) is 0 Å². The first-order valence-electron chi connectivity index (χ1n) is 23.6. The van der Waals surface area contributed by atoms with Gasteiger partial charge < -0.3 is 13.9 Å². The van der Waals surface area contributed by atoms with E-state index >= 15 is 0 Å². The molecular formula is C66H44N2O. The molecule has 0 spiro atoms. The molecule has 0 aliphatic heterocycles. The summed E-state index contributed by atoms with van der Waals surface area (Å²) >= 11 is 0. The summed E-state index contributed by atoms with van der Waals surface area (Å²) in [5, 5.41) is 4.81. The van der Waals surface area contributed by atoms with Crippen LogP contribution in [0.1, 0.15) is 0 Å². The fourth-order valence-electron chi connectivity index (χ4n) is 10.2. The molecule has 2 heterocycles. The number of hydrogen-bond donors (Lipinski definition) is 0. The third-order valence-corrected chi connectivity index (χ3v) is 13.6. The second-order valence-electron chi connectivity index (χ2n) is 17.7. The number of hydrogen-bond acceptors (Lipinski definition) is 2. The van der Waals surface area contributed by atoms with Crippen molar-refractivity contribution in [1.29, 1.82) is 0 Å². The summed E-state index contributed by atoms with van der Waals surface area (Å²) in [5.74, 6) is 0. The Bertz CT molecular complexity index is 3920. The van der Waals surface area contributed by atoms with E-state index in [4.69, 9.17) is 4.42 Å². The van der Waals surface area contributed by atoms with Gasteiger partial charge in [0.2, 0.25) is 0 Å². The van der Waals surface area contributed by atoms with Crippen molar-refractivity contribution >= 4 is 60.8 Å². The van der Waals surface area contributed by atoms with E-state index in [1.165, 1.54) is 60.8 Å². The second kappa shape index (κ2) is 16.9. The van der Waals surface area contributed by atoms with Crippen LogP contribution in [0.5, 0.6) is 0 Å². The molecule has 0 saturated carbocycles. The Labute approximate surface area is 401 Å². The molecule has 69 heavy (non-hydrogen) atoms. The molecule has 13 rings (SSSR count). The molecule has 0 radical (unpaired) electrons. The average molecular weight is 881 g/mol. The van der Waals surface area contributed by atoms with Crippen molar-refractivity contribution < 1.29 is 4.42 Å². The van der Waals surface area contributed by atoms with Crippen LogP contribution in [-0.2, 0) is 0 Å². The van der Waals surface area contributed by atoms with Crippen LogP contribution in [0, 0.1) is 0 Å². The first kappa shape index (κ1) is 40.1. The van der Waals surface area contributed by atoms with Crippen LogP contribution in [0.3, 0.4) is 0 Å². The number of nitrogens with zero attached hydrogens (tertiary/aromatic N) is 2. The zero-order valence-corrected chi connectivity index (χ0v) is 37.7. The molecule has 0 fully saturated rings. The highest BCUT2D eigenvalue weighted by atomic mass is 16.3. The third kappa shape index (κ3) is 7.34. The van der Waals surface area contributed by atoms with Crippen molar-refractivity contribution in [2.24, 2.45) is 0 Å². The lowest BCUT2D eigenvalue weighted by molar-refractivity contribution is 0.669. The minimum absolute atomic E-state index is 0.896. The fourth-order valence-corrected chi connectivity index (χ4v) is 10.2. The number of rotatable bonds is 9. The first-order valence-corrected chi connectivity index (χ1v) is 23.6. The maximum Gasteiger partial charge on any atom is 0.136 e. The summed E-state index contributed by atoms with van der Waals surface area (Å²) in [5.41, 5.74) is 20.3. The van der Waals surface area contributed by atoms with Crippen molar-refractivity contribution in [2.45, 2.75) is 0 Å². The van der Waals surface area contributed by atoms with E-state index in [9.17, 15) is 0 Å². The topological polar surface area (TPSA) is 21.3 Å². The summed E-state index contributed by atoms with van der Waals surface area (Å²) in [6.45, 7) is 0. The largest absolute Gasteiger partial charge is 0.456 e. The van der Waals surface area contributed by atoms with Gasteiger partial charge in [0.05, 0.1) is 11.0 Å². The third-order valence-electron chi connectivity index (χ3n) is 13.6. The monoisotopic (exact) mass is 880 g/mol. The zero-order valence-electron chi connectivity index (χ0n) is 37.7. The highest BCUT2D eigenvalue weighted by Gasteiger charge is 2.16. The summed E-state index contributed by atoms with van der Waals surface area (Å²) < 4.78 is 8.63. The van der Waals surface area contributed by atoms with Gasteiger partial charge in [0.15, 0.2) is 0 Å². The van der Waals surface area contributed by atoms with Gasteiger partial charge in [-0.1, -0.05) is 176 Å². The van der Waals surface area contributed by atoms with E-state index in [1.807, 2.05) is 12.1 Å². The molecule has 3 heteroatoms. The van der Waals surface area contributed by atoms with Gasteiger partial charge in [0.25, 0.3) is 0 Å². The Kier molecular flexibility index (Phi) is 9.84. The number of para-hydroxylation sites is 3. The van der Waals surface area contributed by atoms with Gasteiger partial charge in [-0.25, -0.2) is 0 Å². The Hall–Kier alpha value is -9.18. The maximum absolute atomic E-state index is 6.26. The molecule has 3 nitrogen and oxygen atoms in total. The van der Waals surface area contributed by atoms with Crippen LogP contribution in [0.2, 0.25) is 0 Å². The SMILES string of the molecule is c1ccc(-c2cccc(-c3ccc(N(c4ccc(-c5cccc(-c6ccc(-n7c8ccccc8c8ccccc87)cc6)c5)cc4)c4ccc(-c5ccc6c(c5)oc5ccccc56)cc4)cc3)c2)cc1. The Morgan fingerprint density at radius 2 is 0.609 bits per heavy atom. The van der Waals surface area contributed by atoms with Crippen molar-refractivity contribution in [3.63, 3.8) is 0 Å². The second-order valence-corrected chi connectivity index (χ2v) is 17.7. The number of furan rings is 1. The molecule has 0 N–H and O–H groups in total. The Morgan fingerprint density at radius 3 is 1.12 bits per heavy atom. The molecule has 0 atom stereocenters. The lowest BCUT2D eigenvalue weighted by Gasteiger charge is -2.26. The number of benzene rings is 11. The van der Waals surface area contributed by atoms with E-state index in [2.05, 4.69) is 264 Å². The average Bonchev–Trinajstić information content (AvgIpc) is 3.97. The highest BCUT2D eigenvalue weighted by molar-refractivity contribution is 6.09. The maximum atomic E-state index is 6.26. The molecule has 0 unspecified atom stereocenters. The van der Waals surface area contributed by atoms with Gasteiger partial charge in [-0.3, -0.25) is 0 Å². The molecule has 0 amide bonds. The first-order chi connectivity index (χ1) is 34.2. The van der Waals surface area contributed by atoms with Crippen LogP contribution in [-0.4, -0.2) is 4.57 Å². The minimum atomic E-state index is 0.896. The summed E-state index contributed by atoms with van der Waals surface area (Å²) in [7, 11) is 0. The van der Waals surface area contributed by atoms with E-state index in [1.54, 1.807) is 0 Å². The van der Waals surface area contributed by atoms with Gasteiger partial charge in [-0.15, -0.1) is 0 Å². The molecule has 324 valence electrons. The molecule has 0 bridgehead atoms. The molecular weight excluding hydrogens is 837 g/mol. The van der Waals surface area contributed by atoms with Gasteiger partial charge in [0.1, 0.15) is 11.2 Å². The van der Waals surface area contributed by atoms with Crippen LogP contribution in [0.25, 0.3) is 105 Å². The van der Waals surface area contributed by atoms with Crippen molar-refractivity contribution in [1.82, 2.24) is 4.57 Å². The molecule has 0 aliphatic carbocycles. The lowest BCUT2D eigenvalue weighted by atomic mass is 9.98. The Morgan fingerprint density at radius 1 is 0.246 bits per heavy atom. The molecule has 13 aromatic rings. The van der Waals surface area contributed by atoms with Crippen molar-refractivity contribution in [3.05, 3.63) is 267 Å². The summed E-state index contributed by atoms with van der Waals surface area (Å²) in [4.78, 5) is 2.34. The quantitative estimate of drug-likeness (QED) is 0.144. The van der Waals surface area contributed by atoms with Crippen LogP contribution in [0.15, 0.2) is 271 Å². The molecule has 0 aliphatic rings. The van der Waals surface area contributed by atoms with Gasteiger partial charge in [0, 0.05) is 44.3 Å². The fraction of sp³-hybridized carbons (Fsp3) is 0. The Balaban J connectivity index is 0.821.